The Morgan fingerprint density at radius 1 is 0.317 bits per heavy atom. The maximum Gasteiger partial charge on any atom is 4.00 e. The summed E-state index contributed by atoms with van der Waals surface area (Å²) in [6.45, 7) is 0.273. The zero-order valence-electron chi connectivity index (χ0n) is 22.9. The molecule has 9 heteroatoms. The fraction of sp³-hybridized carbons (Fsp3) is 0.250. The number of para-hydroxylation sites is 4. The van der Waals surface area contributed by atoms with Crippen molar-refractivity contribution in [1.29, 1.82) is 0 Å². The van der Waals surface area contributed by atoms with Crippen molar-refractivity contribution in [3.8, 4) is 23.0 Å². The fourth-order valence-corrected chi connectivity index (χ4v) is 2.70. The molecule has 4 aromatic rings. The molecule has 218 valence electrons. The van der Waals surface area contributed by atoms with Crippen molar-refractivity contribution in [2.24, 2.45) is 0 Å². The van der Waals surface area contributed by atoms with E-state index < -0.39 is 0 Å². The summed E-state index contributed by atoms with van der Waals surface area (Å²) in [6.07, 6.45) is 0. The first-order chi connectivity index (χ1) is 19.7. The van der Waals surface area contributed by atoms with Crippen LogP contribution in [-0.4, -0.2) is 52.9 Å². The Hall–Kier alpha value is -3.39. The molecular formula is C32H36MoO8. The van der Waals surface area contributed by atoms with E-state index in [1.807, 2.05) is 121 Å². The van der Waals surface area contributed by atoms with E-state index in [9.17, 15) is 20.4 Å². The summed E-state index contributed by atoms with van der Waals surface area (Å²) in [7, 11) is 0. The van der Waals surface area contributed by atoms with Gasteiger partial charge in [-0.15, -0.1) is 26.4 Å². The second kappa shape index (κ2) is 28.1. The molecule has 0 spiro atoms. The number of benzene rings is 4. The molecule has 0 saturated carbocycles. The number of rotatable bonds is 12. The molecule has 0 heterocycles. The van der Waals surface area contributed by atoms with Gasteiger partial charge in [-0.25, -0.2) is 0 Å². The minimum atomic E-state index is -0.186. The van der Waals surface area contributed by atoms with Crippen molar-refractivity contribution in [3.05, 3.63) is 121 Å². The summed E-state index contributed by atoms with van der Waals surface area (Å²) in [6, 6.07) is 37.3. The molecule has 0 aliphatic carbocycles. The molecule has 0 aliphatic rings. The third-order valence-corrected chi connectivity index (χ3v) is 4.38. The van der Waals surface area contributed by atoms with Crippen LogP contribution in [0.3, 0.4) is 0 Å². The van der Waals surface area contributed by atoms with Gasteiger partial charge >= 0.3 is 21.1 Å². The number of hydrogen-bond donors (Lipinski definition) is 0. The van der Waals surface area contributed by atoms with Crippen molar-refractivity contribution < 1.29 is 60.4 Å². The van der Waals surface area contributed by atoms with E-state index >= 15 is 0 Å². The minimum absolute atomic E-state index is 0. The standard InChI is InChI=1S/4C8H9O2.Mo/c4*9-6-7-10-8-4-2-1-3-5-8;/h4*1-5H,6-7H2;/q4*-1;+4. The monoisotopic (exact) mass is 646 g/mol. The van der Waals surface area contributed by atoms with Crippen LogP contribution in [0.15, 0.2) is 121 Å². The Morgan fingerprint density at radius 2 is 0.488 bits per heavy atom. The van der Waals surface area contributed by atoms with E-state index in [2.05, 4.69) is 0 Å². The van der Waals surface area contributed by atoms with Gasteiger partial charge in [-0.1, -0.05) is 72.8 Å². The molecule has 41 heavy (non-hydrogen) atoms. The Bertz CT molecular complexity index is 868. The quantitative estimate of drug-likeness (QED) is 0.213. The summed E-state index contributed by atoms with van der Waals surface area (Å²) in [4.78, 5) is 0. The molecule has 0 fully saturated rings. The summed E-state index contributed by atoms with van der Waals surface area (Å²) >= 11 is 0. The SMILES string of the molecule is [Mo+4].[O-]CCOc1ccccc1.[O-]CCOc1ccccc1.[O-]CCOc1ccccc1.[O-]CCOc1ccccc1. The van der Waals surface area contributed by atoms with Gasteiger partial charge in [-0.3, -0.25) is 0 Å². The van der Waals surface area contributed by atoms with E-state index in [0.29, 0.717) is 0 Å². The fourth-order valence-electron chi connectivity index (χ4n) is 2.70. The zero-order chi connectivity index (χ0) is 28.9. The second-order valence-electron chi connectivity index (χ2n) is 7.46. The Labute approximate surface area is 257 Å². The van der Waals surface area contributed by atoms with E-state index in [-0.39, 0.29) is 73.9 Å². The summed E-state index contributed by atoms with van der Waals surface area (Å²) in [5, 5.41) is 39.9. The van der Waals surface area contributed by atoms with Crippen LogP contribution in [0, 0.1) is 0 Å². The Balaban J connectivity index is 0.000000516. The molecule has 0 amide bonds. The average Bonchev–Trinajstić information content (AvgIpc) is 3.04. The van der Waals surface area contributed by atoms with Crippen LogP contribution < -0.4 is 39.4 Å². The molecule has 0 bridgehead atoms. The van der Waals surface area contributed by atoms with Gasteiger partial charge in [0, 0.05) is 0 Å². The summed E-state index contributed by atoms with van der Waals surface area (Å²) < 4.78 is 20.2. The second-order valence-corrected chi connectivity index (χ2v) is 7.46. The van der Waals surface area contributed by atoms with Gasteiger partial charge in [-0.2, -0.15) is 0 Å². The summed E-state index contributed by atoms with van der Waals surface area (Å²) in [5.74, 6) is 3.05. The van der Waals surface area contributed by atoms with Crippen molar-refractivity contribution in [2.45, 2.75) is 0 Å². The first-order valence-corrected chi connectivity index (χ1v) is 12.8. The van der Waals surface area contributed by atoms with E-state index in [1.165, 1.54) is 0 Å². The average molecular weight is 645 g/mol. The topological polar surface area (TPSA) is 129 Å². The molecule has 4 rings (SSSR count). The van der Waals surface area contributed by atoms with Crippen molar-refractivity contribution >= 4 is 0 Å². The van der Waals surface area contributed by atoms with Crippen LogP contribution in [0.25, 0.3) is 0 Å². The normalized spacial score (nSPS) is 9.07. The van der Waals surface area contributed by atoms with Crippen molar-refractivity contribution in [3.63, 3.8) is 0 Å². The maximum absolute atomic E-state index is 9.98. The first kappa shape index (κ1) is 37.6. The third-order valence-electron chi connectivity index (χ3n) is 4.38. The van der Waals surface area contributed by atoms with E-state index in [1.54, 1.807) is 0 Å². The summed E-state index contributed by atoms with van der Waals surface area (Å²) in [5.41, 5.74) is 0. The van der Waals surface area contributed by atoms with Gasteiger partial charge < -0.3 is 39.4 Å². The van der Waals surface area contributed by atoms with E-state index in [0.717, 1.165) is 23.0 Å². The van der Waals surface area contributed by atoms with Crippen LogP contribution in [0.5, 0.6) is 23.0 Å². The largest absolute Gasteiger partial charge is 4.00 e. The van der Waals surface area contributed by atoms with Gasteiger partial charge in [0.15, 0.2) is 0 Å². The van der Waals surface area contributed by atoms with Gasteiger partial charge in [0.1, 0.15) is 23.0 Å². The molecule has 0 aromatic heterocycles. The van der Waals surface area contributed by atoms with Crippen LogP contribution in [-0.2, 0) is 21.1 Å². The van der Waals surface area contributed by atoms with E-state index in [4.69, 9.17) is 18.9 Å². The predicted octanol–water partition coefficient (Wildman–Crippen LogP) is 1.70. The zero-order valence-corrected chi connectivity index (χ0v) is 24.9. The Kier molecular flexibility index (Phi) is 25.8. The molecule has 0 N–H and O–H groups in total. The molecular weight excluding hydrogens is 608 g/mol. The molecule has 8 nitrogen and oxygen atoms in total. The predicted molar refractivity (Wildman–Crippen MR) is 147 cm³/mol. The molecule has 0 unspecified atom stereocenters. The van der Waals surface area contributed by atoms with Crippen molar-refractivity contribution in [2.75, 3.05) is 52.9 Å². The smallest absolute Gasteiger partial charge is 0.852 e. The van der Waals surface area contributed by atoms with Gasteiger partial charge in [0.2, 0.25) is 0 Å². The van der Waals surface area contributed by atoms with Gasteiger partial charge in [0.25, 0.3) is 0 Å². The maximum atomic E-state index is 9.98. The van der Waals surface area contributed by atoms with Crippen LogP contribution in [0.2, 0.25) is 0 Å². The molecule has 4 aromatic carbocycles. The first-order valence-electron chi connectivity index (χ1n) is 12.8. The van der Waals surface area contributed by atoms with Crippen molar-refractivity contribution in [1.82, 2.24) is 0 Å². The van der Waals surface area contributed by atoms with Crippen LogP contribution >= 0.6 is 0 Å². The van der Waals surface area contributed by atoms with Crippen LogP contribution in [0.4, 0.5) is 0 Å². The molecule has 0 saturated heterocycles. The molecule has 0 atom stereocenters. The molecule has 0 aliphatic heterocycles. The van der Waals surface area contributed by atoms with Crippen LogP contribution in [0.1, 0.15) is 0 Å². The van der Waals surface area contributed by atoms with Gasteiger partial charge in [0.05, 0.1) is 26.4 Å². The number of hydrogen-bond acceptors (Lipinski definition) is 8. The third kappa shape index (κ3) is 22.0. The van der Waals surface area contributed by atoms with Gasteiger partial charge in [-0.05, 0) is 48.5 Å². The Morgan fingerprint density at radius 3 is 0.634 bits per heavy atom. The number of ether oxygens (including phenoxy) is 4. The molecule has 0 radical (unpaired) electrons. The minimum Gasteiger partial charge on any atom is -0.852 e.